The molecule has 0 amide bonds. The Morgan fingerprint density at radius 3 is 2.44 bits per heavy atom. The summed E-state index contributed by atoms with van der Waals surface area (Å²) in [4.78, 5) is 2.47. The average Bonchev–Trinajstić information content (AvgIpc) is 2.89. The smallest absolute Gasteiger partial charge is 0.120 e. The van der Waals surface area contributed by atoms with Crippen molar-refractivity contribution in [3.63, 3.8) is 0 Å². The normalized spacial score (nSPS) is 16.0. The zero-order valence-corrected chi connectivity index (χ0v) is 22.4. The topological polar surface area (TPSA) is 44.7 Å². The van der Waals surface area contributed by atoms with E-state index in [0.717, 1.165) is 57.5 Å². The molecule has 0 radical (unpaired) electrons. The van der Waals surface area contributed by atoms with Crippen molar-refractivity contribution in [1.82, 2.24) is 4.90 Å². The Bertz CT molecular complexity index is 1120. The number of likely N-dealkylation sites (N-methyl/N-ethyl adjacent to an activating group) is 1. The molecule has 0 spiro atoms. The average molecular weight is 487 g/mol. The number of anilines is 1. The van der Waals surface area contributed by atoms with Gasteiger partial charge in [0, 0.05) is 24.3 Å². The number of hydrogen-bond acceptors (Lipinski definition) is 4. The summed E-state index contributed by atoms with van der Waals surface area (Å²) < 4.78 is 5.56. The highest BCUT2D eigenvalue weighted by atomic mass is 16.5. The molecule has 0 aromatic heterocycles. The van der Waals surface area contributed by atoms with Crippen molar-refractivity contribution >= 4 is 5.69 Å². The Morgan fingerprint density at radius 2 is 1.72 bits per heavy atom. The Balaban J connectivity index is 1.43. The van der Waals surface area contributed by atoms with Gasteiger partial charge < -0.3 is 20.1 Å². The van der Waals surface area contributed by atoms with E-state index in [4.69, 9.17) is 4.74 Å². The molecule has 36 heavy (non-hydrogen) atoms. The number of aryl methyl sites for hydroxylation is 1. The summed E-state index contributed by atoms with van der Waals surface area (Å²) in [5.74, 6) is 1.70. The van der Waals surface area contributed by atoms with Gasteiger partial charge in [0.05, 0.1) is 7.11 Å². The number of methoxy groups -OCH3 is 1. The minimum Gasteiger partial charge on any atom is -0.508 e. The first-order chi connectivity index (χ1) is 17.5. The van der Waals surface area contributed by atoms with E-state index in [2.05, 4.69) is 79.5 Å². The highest BCUT2D eigenvalue weighted by molar-refractivity contribution is 5.58. The van der Waals surface area contributed by atoms with Crippen LogP contribution in [0.1, 0.15) is 60.9 Å². The van der Waals surface area contributed by atoms with E-state index < -0.39 is 0 Å². The molecule has 0 saturated heterocycles. The van der Waals surface area contributed by atoms with Gasteiger partial charge in [0.1, 0.15) is 11.5 Å². The second-order valence-corrected chi connectivity index (χ2v) is 10.2. The van der Waals surface area contributed by atoms with Gasteiger partial charge in [-0.3, -0.25) is 0 Å². The first kappa shape index (κ1) is 26.1. The number of benzene rings is 3. The molecule has 3 aromatic carbocycles. The highest BCUT2D eigenvalue weighted by Gasteiger charge is 2.23. The van der Waals surface area contributed by atoms with Crippen LogP contribution < -0.4 is 10.1 Å². The van der Waals surface area contributed by atoms with Crippen molar-refractivity contribution in [1.29, 1.82) is 0 Å². The number of hydrogen-bond donors (Lipinski definition) is 2. The molecule has 0 aliphatic heterocycles. The van der Waals surface area contributed by atoms with Crippen LogP contribution in [-0.4, -0.2) is 42.8 Å². The van der Waals surface area contributed by atoms with Crippen LogP contribution in [0.15, 0.2) is 60.7 Å². The number of phenolic OH excluding ortho intramolecular Hbond substituents is 1. The van der Waals surface area contributed by atoms with Crippen LogP contribution in [0.5, 0.6) is 11.5 Å². The van der Waals surface area contributed by atoms with E-state index in [0.29, 0.717) is 17.7 Å². The van der Waals surface area contributed by atoms with Gasteiger partial charge in [0.25, 0.3) is 0 Å². The third-order valence-electron chi connectivity index (χ3n) is 7.70. The summed E-state index contributed by atoms with van der Waals surface area (Å²) in [6.45, 7) is 10.1. The Hall–Kier alpha value is -2.98. The minimum atomic E-state index is 0.296. The van der Waals surface area contributed by atoms with Gasteiger partial charge in [-0.2, -0.15) is 0 Å². The van der Waals surface area contributed by atoms with Crippen LogP contribution in [0.2, 0.25) is 0 Å². The largest absolute Gasteiger partial charge is 0.508 e. The lowest BCUT2D eigenvalue weighted by atomic mass is 9.79. The molecule has 1 aliphatic carbocycles. The summed E-state index contributed by atoms with van der Waals surface area (Å²) in [5, 5.41) is 13.7. The van der Waals surface area contributed by atoms with E-state index in [1.165, 1.54) is 33.5 Å². The van der Waals surface area contributed by atoms with Gasteiger partial charge in [-0.25, -0.2) is 0 Å². The molecular weight excluding hydrogens is 444 g/mol. The summed E-state index contributed by atoms with van der Waals surface area (Å²) in [7, 11) is 1.73. The number of aromatic hydroxyl groups is 1. The Labute approximate surface area is 217 Å². The van der Waals surface area contributed by atoms with Crippen LogP contribution in [0.4, 0.5) is 5.69 Å². The number of nitrogens with one attached hydrogen (secondary N) is 1. The van der Waals surface area contributed by atoms with E-state index in [-0.39, 0.29) is 0 Å². The molecule has 2 atom stereocenters. The van der Waals surface area contributed by atoms with Crippen molar-refractivity contribution in [3.05, 3.63) is 88.5 Å². The Kier molecular flexibility index (Phi) is 8.93. The van der Waals surface area contributed by atoms with Crippen molar-refractivity contribution in [2.75, 3.05) is 32.1 Å². The number of rotatable bonds is 11. The molecule has 0 fully saturated rings. The molecule has 0 bridgehead atoms. The van der Waals surface area contributed by atoms with E-state index in [1.807, 2.05) is 12.1 Å². The first-order valence-corrected chi connectivity index (χ1v) is 13.5. The predicted octanol–water partition coefficient (Wildman–Crippen LogP) is 6.60. The fraction of sp³-hybridized carbons (Fsp3) is 0.438. The lowest BCUT2D eigenvalue weighted by molar-refractivity contribution is 0.308. The van der Waals surface area contributed by atoms with Gasteiger partial charge in [0.2, 0.25) is 0 Å². The van der Waals surface area contributed by atoms with E-state index in [1.54, 1.807) is 7.11 Å². The van der Waals surface area contributed by atoms with Crippen LogP contribution in [0, 0.1) is 0 Å². The zero-order chi connectivity index (χ0) is 25.5. The number of nitrogens with zero attached hydrogens (tertiary/aromatic N) is 1. The number of fused-ring (bicyclic) bond motifs is 1. The van der Waals surface area contributed by atoms with Crippen LogP contribution in [0.25, 0.3) is 0 Å². The lowest BCUT2D eigenvalue weighted by Crippen LogP contribution is -2.25. The van der Waals surface area contributed by atoms with Gasteiger partial charge in [-0.15, -0.1) is 0 Å². The third kappa shape index (κ3) is 6.61. The molecule has 4 heteroatoms. The van der Waals surface area contributed by atoms with Crippen LogP contribution in [-0.2, 0) is 25.7 Å². The van der Waals surface area contributed by atoms with Crippen molar-refractivity contribution in [2.24, 2.45) is 0 Å². The summed E-state index contributed by atoms with van der Waals surface area (Å²) in [6, 6.07) is 21.7. The lowest BCUT2D eigenvalue weighted by Gasteiger charge is -2.28. The second-order valence-electron chi connectivity index (χ2n) is 10.2. The highest BCUT2D eigenvalue weighted by Crippen LogP contribution is 2.38. The molecule has 0 saturated carbocycles. The van der Waals surface area contributed by atoms with Crippen molar-refractivity contribution in [2.45, 2.75) is 64.8 Å². The predicted molar refractivity (Wildman–Crippen MR) is 151 cm³/mol. The molecule has 2 N–H and O–H groups in total. The monoisotopic (exact) mass is 486 g/mol. The maximum Gasteiger partial charge on any atom is 0.120 e. The number of phenols is 1. The van der Waals surface area contributed by atoms with Gasteiger partial charge in [-0.05, 0) is 104 Å². The van der Waals surface area contributed by atoms with Crippen molar-refractivity contribution < 1.29 is 9.84 Å². The maximum absolute atomic E-state index is 9.85. The Morgan fingerprint density at radius 1 is 0.972 bits per heavy atom. The van der Waals surface area contributed by atoms with Crippen LogP contribution >= 0.6 is 0 Å². The van der Waals surface area contributed by atoms with Crippen molar-refractivity contribution in [3.8, 4) is 11.5 Å². The van der Waals surface area contributed by atoms with E-state index in [9.17, 15) is 5.11 Å². The molecule has 192 valence electrons. The SMILES string of the molecule is CCN(CC)CCc1ccc(CC(C)Nc2cc(OC)ccc2C2CCc3cc(O)ccc3C2)cc1. The quantitative estimate of drug-likeness (QED) is 0.320. The fourth-order valence-electron chi connectivity index (χ4n) is 5.49. The molecule has 4 nitrogen and oxygen atoms in total. The second kappa shape index (κ2) is 12.3. The maximum atomic E-state index is 9.85. The summed E-state index contributed by atoms with van der Waals surface area (Å²) in [5.41, 5.74) is 7.92. The molecule has 4 rings (SSSR count). The first-order valence-electron chi connectivity index (χ1n) is 13.5. The zero-order valence-electron chi connectivity index (χ0n) is 22.4. The van der Waals surface area contributed by atoms with Gasteiger partial charge in [0.15, 0.2) is 0 Å². The molecule has 0 heterocycles. The van der Waals surface area contributed by atoms with E-state index >= 15 is 0 Å². The van der Waals surface area contributed by atoms with Gasteiger partial charge >= 0.3 is 0 Å². The summed E-state index contributed by atoms with van der Waals surface area (Å²) >= 11 is 0. The van der Waals surface area contributed by atoms with Gasteiger partial charge in [-0.1, -0.05) is 50.2 Å². The molecular formula is C32H42N2O2. The molecule has 2 unspecified atom stereocenters. The number of ether oxygens (including phenoxy) is 1. The standard InChI is InChI=1S/C32H42N2O2/c1-5-34(6-2)18-17-24-7-9-25(10-8-24)19-23(3)33-32-22-30(36-4)15-16-31(32)28-12-11-27-21-29(35)14-13-26(27)20-28/h7-10,13-16,21-23,28,33,35H,5-6,11-12,17-20H2,1-4H3. The molecule has 1 aliphatic rings. The fourth-order valence-corrected chi connectivity index (χ4v) is 5.49. The third-order valence-corrected chi connectivity index (χ3v) is 7.70. The summed E-state index contributed by atoms with van der Waals surface area (Å²) in [6.07, 6.45) is 5.16. The minimum absolute atomic E-state index is 0.296. The van der Waals surface area contributed by atoms with Crippen LogP contribution in [0.3, 0.4) is 0 Å². The molecule has 3 aromatic rings.